The van der Waals surface area contributed by atoms with E-state index in [-0.39, 0.29) is 0 Å². The van der Waals surface area contributed by atoms with Crippen molar-refractivity contribution in [2.45, 2.75) is 13.5 Å². The minimum Gasteiger partial charge on any atom is -0.356 e. The topological polar surface area (TPSA) is 37.8 Å². The van der Waals surface area contributed by atoms with E-state index in [4.69, 9.17) is 0 Å². The molecule has 4 heteroatoms. The van der Waals surface area contributed by atoms with Gasteiger partial charge >= 0.3 is 0 Å². The SMILES string of the molecule is Cc1cccc(CNc2ncns2)c1. The molecule has 0 fully saturated rings. The summed E-state index contributed by atoms with van der Waals surface area (Å²) >= 11 is 1.37. The number of nitrogens with one attached hydrogen (secondary N) is 1. The van der Waals surface area contributed by atoms with Gasteiger partial charge in [-0.3, -0.25) is 0 Å². The van der Waals surface area contributed by atoms with Crippen molar-refractivity contribution < 1.29 is 0 Å². The molecule has 3 nitrogen and oxygen atoms in total. The van der Waals surface area contributed by atoms with Crippen LogP contribution in [0.2, 0.25) is 0 Å². The van der Waals surface area contributed by atoms with Gasteiger partial charge in [-0.05, 0) is 12.5 Å². The van der Waals surface area contributed by atoms with Gasteiger partial charge in [-0.1, -0.05) is 29.8 Å². The molecule has 1 heterocycles. The van der Waals surface area contributed by atoms with E-state index in [9.17, 15) is 0 Å². The van der Waals surface area contributed by atoms with Crippen LogP contribution in [0.5, 0.6) is 0 Å². The zero-order valence-electron chi connectivity index (χ0n) is 7.90. The lowest BCUT2D eigenvalue weighted by atomic mass is 10.1. The molecule has 0 unspecified atom stereocenters. The maximum atomic E-state index is 4.05. The van der Waals surface area contributed by atoms with Crippen LogP contribution >= 0.6 is 11.5 Å². The first-order valence-electron chi connectivity index (χ1n) is 4.41. The maximum Gasteiger partial charge on any atom is 0.202 e. The molecule has 0 spiro atoms. The molecule has 1 N–H and O–H groups in total. The standard InChI is InChI=1S/C10H11N3S/c1-8-3-2-4-9(5-8)6-11-10-12-7-13-14-10/h2-5,7H,6H2,1H3,(H,11,12,13). The molecule has 1 aromatic carbocycles. The van der Waals surface area contributed by atoms with Crippen LogP contribution in [-0.2, 0) is 6.54 Å². The van der Waals surface area contributed by atoms with Crippen LogP contribution in [0.1, 0.15) is 11.1 Å². The predicted molar refractivity (Wildman–Crippen MR) is 58.4 cm³/mol. The van der Waals surface area contributed by atoms with Gasteiger partial charge in [0.05, 0.1) is 0 Å². The first kappa shape index (κ1) is 9.15. The molecule has 0 saturated heterocycles. The van der Waals surface area contributed by atoms with Crippen molar-refractivity contribution in [3.8, 4) is 0 Å². The molecular weight excluding hydrogens is 194 g/mol. The van der Waals surface area contributed by atoms with Gasteiger partial charge in [-0.15, -0.1) is 0 Å². The van der Waals surface area contributed by atoms with Crippen LogP contribution in [0.15, 0.2) is 30.6 Å². The van der Waals surface area contributed by atoms with E-state index in [1.54, 1.807) is 6.33 Å². The Balaban J connectivity index is 1.98. The molecule has 0 saturated carbocycles. The highest BCUT2D eigenvalue weighted by molar-refractivity contribution is 7.09. The van der Waals surface area contributed by atoms with Crippen molar-refractivity contribution in [3.05, 3.63) is 41.7 Å². The summed E-state index contributed by atoms with van der Waals surface area (Å²) in [4.78, 5) is 4.05. The predicted octanol–water partition coefficient (Wildman–Crippen LogP) is 2.46. The lowest BCUT2D eigenvalue weighted by molar-refractivity contribution is 1.12. The summed E-state index contributed by atoms with van der Waals surface area (Å²) in [6.07, 6.45) is 1.56. The van der Waals surface area contributed by atoms with Gasteiger partial charge in [0.2, 0.25) is 5.13 Å². The number of anilines is 1. The normalized spacial score (nSPS) is 10.1. The van der Waals surface area contributed by atoms with E-state index in [2.05, 4.69) is 45.9 Å². The lowest BCUT2D eigenvalue weighted by Crippen LogP contribution is -1.98. The lowest BCUT2D eigenvalue weighted by Gasteiger charge is -2.02. The third kappa shape index (κ3) is 2.29. The zero-order valence-corrected chi connectivity index (χ0v) is 8.71. The average molecular weight is 205 g/mol. The number of benzene rings is 1. The molecule has 0 radical (unpaired) electrons. The molecule has 0 bridgehead atoms. The van der Waals surface area contributed by atoms with E-state index in [1.807, 2.05) is 0 Å². The van der Waals surface area contributed by atoms with Gasteiger partial charge in [0.1, 0.15) is 6.33 Å². The van der Waals surface area contributed by atoms with E-state index in [1.165, 1.54) is 22.7 Å². The van der Waals surface area contributed by atoms with Crippen molar-refractivity contribution in [1.82, 2.24) is 9.36 Å². The number of aromatic nitrogens is 2. The van der Waals surface area contributed by atoms with Crippen LogP contribution in [-0.4, -0.2) is 9.36 Å². The van der Waals surface area contributed by atoms with Crippen LogP contribution in [0.25, 0.3) is 0 Å². The summed E-state index contributed by atoms with van der Waals surface area (Å²) in [5.74, 6) is 0. The summed E-state index contributed by atoms with van der Waals surface area (Å²) in [6, 6.07) is 8.41. The average Bonchev–Trinajstić information content (AvgIpc) is 2.67. The second-order valence-electron chi connectivity index (χ2n) is 3.09. The summed E-state index contributed by atoms with van der Waals surface area (Å²) in [5, 5.41) is 4.08. The van der Waals surface area contributed by atoms with Crippen molar-refractivity contribution >= 4 is 16.7 Å². The Hall–Kier alpha value is -1.42. The van der Waals surface area contributed by atoms with Crippen LogP contribution < -0.4 is 5.32 Å². The number of hydrogen-bond acceptors (Lipinski definition) is 4. The molecule has 1 aromatic heterocycles. The van der Waals surface area contributed by atoms with Gasteiger partial charge < -0.3 is 5.32 Å². The smallest absolute Gasteiger partial charge is 0.202 e. The summed E-state index contributed by atoms with van der Waals surface area (Å²) < 4.78 is 3.92. The van der Waals surface area contributed by atoms with Gasteiger partial charge in [-0.2, -0.15) is 4.37 Å². The van der Waals surface area contributed by atoms with Crippen molar-refractivity contribution in [2.24, 2.45) is 0 Å². The molecule has 0 aliphatic carbocycles. The molecule has 0 aliphatic rings. The minimum absolute atomic E-state index is 0.802. The van der Waals surface area contributed by atoms with Crippen molar-refractivity contribution in [2.75, 3.05) is 5.32 Å². The molecule has 0 aliphatic heterocycles. The first-order chi connectivity index (χ1) is 6.84. The fourth-order valence-corrected chi connectivity index (χ4v) is 1.68. The Kier molecular flexibility index (Phi) is 2.74. The fourth-order valence-electron chi connectivity index (χ4n) is 1.25. The number of hydrogen-bond donors (Lipinski definition) is 1. The first-order valence-corrected chi connectivity index (χ1v) is 5.18. The van der Waals surface area contributed by atoms with Gasteiger partial charge in [0.25, 0.3) is 0 Å². The van der Waals surface area contributed by atoms with Crippen molar-refractivity contribution in [3.63, 3.8) is 0 Å². The quantitative estimate of drug-likeness (QED) is 0.836. The Morgan fingerprint density at radius 3 is 3.07 bits per heavy atom. The summed E-state index contributed by atoms with van der Waals surface area (Å²) in [5.41, 5.74) is 2.54. The van der Waals surface area contributed by atoms with Gasteiger partial charge in [-0.25, -0.2) is 4.98 Å². The second-order valence-corrected chi connectivity index (χ2v) is 3.87. The molecule has 72 valence electrons. The highest BCUT2D eigenvalue weighted by atomic mass is 32.1. The Morgan fingerprint density at radius 1 is 1.43 bits per heavy atom. The molecule has 0 atom stereocenters. The minimum atomic E-state index is 0.802. The van der Waals surface area contributed by atoms with Crippen LogP contribution in [0.4, 0.5) is 5.13 Å². The largest absolute Gasteiger partial charge is 0.356 e. The molecular formula is C10H11N3S. The monoisotopic (exact) mass is 205 g/mol. The van der Waals surface area contributed by atoms with Crippen LogP contribution in [0, 0.1) is 6.92 Å². The highest BCUT2D eigenvalue weighted by Crippen LogP contribution is 2.10. The number of rotatable bonds is 3. The Bertz CT molecular complexity index is 398. The van der Waals surface area contributed by atoms with E-state index in [0.717, 1.165) is 11.7 Å². The molecule has 2 rings (SSSR count). The Morgan fingerprint density at radius 2 is 2.36 bits per heavy atom. The molecule has 14 heavy (non-hydrogen) atoms. The third-order valence-corrected chi connectivity index (χ3v) is 2.51. The van der Waals surface area contributed by atoms with E-state index >= 15 is 0 Å². The maximum absolute atomic E-state index is 4.05. The zero-order chi connectivity index (χ0) is 9.80. The highest BCUT2D eigenvalue weighted by Gasteiger charge is 1.96. The molecule has 2 aromatic rings. The number of aryl methyl sites for hydroxylation is 1. The van der Waals surface area contributed by atoms with Gasteiger partial charge in [0.15, 0.2) is 0 Å². The summed E-state index contributed by atoms with van der Waals surface area (Å²) in [7, 11) is 0. The Labute approximate surface area is 87.0 Å². The summed E-state index contributed by atoms with van der Waals surface area (Å²) in [6.45, 7) is 2.89. The fraction of sp³-hybridized carbons (Fsp3) is 0.200. The van der Waals surface area contributed by atoms with Gasteiger partial charge in [0, 0.05) is 18.1 Å². The van der Waals surface area contributed by atoms with Crippen molar-refractivity contribution in [1.29, 1.82) is 0 Å². The molecule has 0 amide bonds. The van der Waals surface area contributed by atoms with E-state index < -0.39 is 0 Å². The van der Waals surface area contributed by atoms with E-state index in [0.29, 0.717) is 0 Å². The third-order valence-electron chi connectivity index (χ3n) is 1.89. The number of nitrogens with zero attached hydrogens (tertiary/aromatic N) is 2. The second kappa shape index (κ2) is 4.19. The van der Waals surface area contributed by atoms with Crippen LogP contribution in [0.3, 0.4) is 0 Å².